The highest BCUT2D eigenvalue weighted by Gasteiger charge is 2.34. The molecule has 17 heavy (non-hydrogen) atoms. The summed E-state index contributed by atoms with van der Waals surface area (Å²) >= 11 is 3.00. The molecule has 0 saturated carbocycles. The third-order valence-electron chi connectivity index (χ3n) is 2.27. The topological polar surface area (TPSA) is 37.3 Å². The van der Waals surface area contributed by atoms with E-state index in [0.717, 1.165) is 12.1 Å². The number of hydrogen-bond donors (Lipinski definition) is 1. The van der Waals surface area contributed by atoms with E-state index < -0.39 is 29.0 Å². The van der Waals surface area contributed by atoms with Gasteiger partial charge in [-0.25, -0.2) is 0 Å². The Morgan fingerprint density at radius 1 is 1.47 bits per heavy atom. The highest BCUT2D eigenvalue weighted by Crippen LogP contribution is 2.34. The molecule has 6 heteroatoms. The van der Waals surface area contributed by atoms with Crippen LogP contribution in [0.5, 0.6) is 0 Å². The van der Waals surface area contributed by atoms with Gasteiger partial charge in [0, 0.05) is 11.1 Å². The fourth-order valence-corrected chi connectivity index (χ4v) is 1.71. The summed E-state index contributed by atoms with van der Waals surface area (Å²) in [6.07, 6.45) is -4.58. The molecule has 1 rings (SSSR count). The van der Waals surface area contributed by atoms with Crippen molar-refractivity contribution in [1.29, 1.82) is 0 Å². The molecule has 1 unspecified atom stereocenters. The summed E-state index contributed by atoms with van der Waals surface area (Å²) in [5, 5.41) is 9.03. The first-order valence-corrected chi connectivity index (χ1v) is 5.68. The van der Waals surface area contributed by atoms with Crippen molar-refractivity contribution in [3.05, 3.63) is 34.9 Å². The van der Waals surface area contributed by atoms with E-state index in [4.69, 9.17) is 5.11 Å². The van der Waals surface area contributed by atoms with E-state index in [1.807, 2.05) is 0 Å². The van der Waals surface area contributed by atoms with Crippen molar-refractivity contribution in [2.45, 2.75) is 24.5 Å². The van der Waals surface area contributed by atoms with Crippen molar-refractivity contribution in [1.82, 2.24) is 0 Å². The molecule has 0 aliphatic carbocycles. The number of alkyl halides is 4. The molecule has 2 nitrogen and oxygen atoms in total. The maximum Gasteiger partial charge on any atom is 0.416 e. The number of carbonyl (C=O) groups excluding carboxylic acids is 1. The molecule has 0 bridgehead atoms. The molecule has 1 aromatic carbocycles. The molecule has 0 radical (unpaired) electrons. The highest BCUT2D eigenvalue weighted by molar-refractivity contribution is 9.10. The molecule has 0 aliphatic rings. The Labute approximate surface area is 105 Å². The molecule has 0 spiro atoms. The number of benzene rings is 1. The normalized spacial score (nSPS) is 13.5. The second-order valence-corrected chi connectivity index (χ2v) is 4.84. The molecule has 0 fully saturated rings. The smallest absolute Gasteiger partial charge is 0.392 e. The maximum absolute atomic E-state index is 12.6. The number of aliphatic hydroxyl groups excluding tert-OH is 1. The van der Waals surface area contributed by atoms with Gasteiger partial charge in [-0.05, 0) is 13.0 Å². The number of carbonyl (C=O) groups is 1. The summed E-state index contributed by atoms with van der Waals surface area (Å²) in [7, 11) is 0. The Balaban J connectivity index is 3.39. The van der Waals surface area contributed by atoms with Crippen molar-refractivity contribution in [3.63, 3.8) is 0 Å². The minimum atomic E-state index is -4.58. The van der Waals surface area contributed by atoms with Crippen LogP contribution in [-0.2, 0) is 12.8 Å². The van der Waals surface area contributed by atoms with Crippen molar-refractivity contribution in [3.8, 4) is 0 Å². The first kappa shape index (κ1) is 14.2. The van der Waals surface area contributed by atoms with Gasteiger partial charge in [0.1, 0.15) is 0 Å². The average molecular weight is 311 g/mol. The van der Waals surface area contributed by atoms with Gasteiger partial charge >= 0.3 is 6.18 Å². The lowest BCUT2D eigenvalue weighted by atomic mass is 9.97. The molecular formula is C11H10BrF3O2. The van der Waals surface area contributed by atoms with Crippen LogP contribution in [-0.4, -0.2) is 15.7 Å². The van der Waals surface area contributed by atoms with Crippen LogP contribution in [0.1, 0.15) is 28.4 Å². The lowest BCUT2D eigenvalue weighted by Crippen LogP contribution is -2.17. The fraction of sp³-hybridized carbons (Fsp3) is 0.364. The first-order chi connectivity index (χ1) is 7.79. The fourth-order valence-electron chi connectivity index (χ4n) is 1.47. The van der Waals surface area contributed by atoms with Gasteiger partial charge in [0.2, 0.25) is 0 Å². The Morgan fingerprint density at radius 3 is 2.47 bits per heavy atom. The Kier molecular flexibility index (Phi) is 4.32. The minimum absolute atomic E-state index is 0.105. The van der Waals surface area contributed by atoms with Crippen LogP contribution in [0.25, 0.3) is 0 Å². The second-order valence-electron chi connectivity index (χ2n) is 3.47. The SMILES string of the molecule is CC(Br)C(=O)c1cccc(C(F)(F)F)c1CO. The molecular weight excluding hydrogens is 301 g/mol. The van der Waals surface area contributed by atoms with Crippen LogP contribution < -0.4 is 0 Å². The van der Waals surface area contributed by atoms with E-state index in [9.17, 15) is 18.0 Å². The largest absolute Gasteiger partial charge is 0.416 e. The summed E-state index contributed by atoms with van der Waals surface area (Å²) in [4.78, 5) is 11.1. The van der Waals surface area contributed by atoms with Crippen LogP contribution >= 0.6 is 15.9 Å². The predicted molar refractivity (Wildman–Crippen MR) is 60.1 cm³/mol. The van der Waals surface area contributed by atoms with Crippen molar-refractivity contribution < 1.29 is 23.1 Å². The predicted octanol–water partition coefficient (Wildman–Crippen LogP) is 3.16. The number of halogens is 4. The highest BCUT2D eigenvalue weighted by atomic mass is 79.9. The Morgan fingerprint density at radius 2 is 2.06 bits per heavy atom. The molecule has 0 aliphatic heterocycles. The van der Waals surface area contributed by atoms with Gasteiger partial charge in [-0.3, -0.25) is 4.79 Å². The van der Waals surface area contributed by atoms with E-state index in [0.29, 0.717) is 0 Å². The first-order valence-electron chi connectivity index (χ1n) is 4.77. The molecule has 94 valence electrons. The molecule has 0 aromatic heterocycles. The van der Waals surface area contributed by atoms with E-state index in [1.54, 1.807) is 0 Å². The summed E-state index contributed by atoms with van der Waals surface area (Å²) in [6, 6.07) is 3.28. The van der Waals surface area contributed by atoms with E-state index >= 15 is 0 Å². The number of aliphatic hydroxyl groups is 1. The lowest BCUT2D eigenvalue weighted by Gasteiger charge is -2.15. The second kappa shape index (κ2) is 5.18. The number of rotatable bonds is 3. The van der Waals surface area contributed by atoms with Crippen LogP contribution in [0.4, 0.5) is 13.2 Å². The van der Waals surface area contributed by atoms with E-state index in [2.05, 4.69) is 15.9 Å². The zero-order valence-corrected chi connectivity index (χ0v) is 10.5. The zero-order chi connectivity index (χ0) is 13.2. The standard InChI is InChI=1S/C11H10BrF3O2/c1-6(12)10(17)7-3-2-4-9(8(7)5-16)11(13,14)15/h2-4,6,16H,5H2,1H3. The maximum atomic E-state index is 12.6. The van der Waals surface area contributed by atoms with Crippen LogP contribution in [0.3, 0.4) is 0 Å². The number of hydrogen-bond acceptors (Lipinski definition) is 2. The zero-order valence-electron chi connectivity index (χ0n) is 8.88. The van der Waals surface area contributed by atoms with Gasteiger partial charge in [0.25, 0.3) is 0 Å². The van der Waals surface area contributed by atoms with Gasteiger partial charge in [0.05, 0.1) is 17.0 Å². The molecule has 0 heterocycles. The number of Topliss-reactive ketones (excluding diaryl/α,β-unsaturated/α-hetero) is 1. The minimum Gasteiger partial charge on any atom is -0.392 e. The van der Waals surface area contributed by atoms with Crippen molar-refractivity contribution in [2.24, 2.45) is 0 Å². The van der Waals surface area contributed by atoms with Gasteiger partial charge in [-0.2, -0.15) is 13.2 Å². The van der Waals surface area contributed by atoms with Crippen LogP contribution in [0.15, 0.2) is 18.2 Å². The molecule has 1 N–H and O–H groups in total. The Bertz CT molecular complexity index is 427. The van der Waals surface area contributed by atoms with E-state index in [1.165, 1.54) is 13.0 Å². The van der Waals surface area contributed by atoms with Gasteiger partial charge in [0.15, 0.2) is 5.78 Å². The van der Waals surface area contributed by atoms with Gasteiger partial charge in [-0.1, -0.05) is 28.1 Å². The molecule has 0 amide bonds. The van der Waals surface area contributed by atoms with Gasteiger partial charge < -0.3 is 5.11 Å². The lowest BCUT2D eigenvalue weighted by molar-refractivity contribution is -0.138. The third-order valence-corrected chi connectivity index (χ3v) is 2.68. The molecule has 0 saturated heterocycles. The Hall–Kier alpha value is -0.880. The monoisotopic (exact) mass is 310 g/mol. The summed E-state index contributed by atoms with van der Waals surface area (Å²) in [6.45, 7) is 0.695. The van der Waals surface area contributed by atoms with Crippen molar-refractivity contribution in [2.75, 3.05) is 0 Å². The van der Waals surface area contributed by atoms with Crippen LogP contribution in [0.2, 0.25) is 0 Å². The average Bonchev–Trinajstić information content (AvgIpc) is 2.25. The van der Waals surface area contributed by atoms with Crippen LogP contribution in [0, 0.1) is 0 Å². The summed E-state index contributed by atoms with van der Waals surface area (Å²) < 4.78 is 37.9. The third kappa shape index (κ3) is 3.07. The van der Waals surface area contributed by atoms with Crippen molar-refractivity contribution >= 4 is 21.7 Å². The quantitative estimate of drug-likeness (QED) is 0.688. The molecule has 1 atom stereocenters. The van der Waals surface area contributed by atoms with Gasteiger partial charge in [-0.15, -0.1) is 0 Å². The van der Waals surface area contributed by atoms with E-state index in [-0.39, 0.29) is 11.1 Å². The molecule has 1 aromatic rings. The number of ketones is 1. The summed E-state index contributed by atoms with van der Waals surface area (Å²) in [5.74, 6) is -0.486. The summed E-state index contributed by atoms with van der Waals surface area (Å²) in [5.41, 5.74) is -1.46.